The van der Waals surface area contributed by atoms with Crippen LogP contribution in [0.3, 0.4) is 0 Å². The molecular formula is C7H9ClN4. The van der Waals surface area contributed by atoms with Crippen LogP contribution in [0.1, 0.15) is 13.8 Å². The molecule has 0 fully saturated rings. The van der Waals surface area contributed by atoms with Gasteiger partial charge in [-0.1, -0.05) is 25.4 Å². The molecule has 0 aromatic carbocycles. The van der Waals surface area contributed by atoms with Gasteiger partial charge in [-0.3, -0.25) is 0 Å². The van der Waals surface area contributed by atoms with E-state index >= 15 is 0 Å². The minimum absolute atomic E-state index is 0.375. The smallest absolute Gasteiger partial charge is 0.191 e. The Kier molecular flexibility index (Phi) is 2.99. The fraction of sp³-hybridized carbons (Fsp3) is 0.286. The number of aromatic nitrogens is 4. The number of fused-ring (bicyclic) bond motifs is 1. The van der Waals surface area contributed by atoms with Crippen LogP contribution in [-0.2, 0) is 0 Å². The first-order valence-electron chi connectivity index (χ1n) is 3.68. The second-order valence-electron chi connectivity index (χ2n) is 1.75. The van der Waals surface area contributed by atoms with Crippen LogP contribution >= 0.6 is 11.6 Å². The molecule has 2 heterocycles. The molecule has 2 aromatic heterocycles. The lowest BCUT2D eigenvalue weighted by Gasteiger charge is -1.89. The van der Waals surface area contributed by atoms with Crippen LogP contribution in [0.25, 0.3) is 5.65 Å². The maximum absolute atomic E-state index is 5.66. The molecule has 0 N–H and O–H groups in total. The summed E-state index contributed by atoms with van der Waals surface area (Å²) in [7, 11) is 0. The van der Waals surface area contributed by atoms with E-state index in [1.54, 1.807) is 16.9 Å². The molecule has 0 atom stereocenters. The van der Waals surface area contributed by atoms with Crippen LogP contribution in [0.5, 0.6) is 0 Å². The van der Waals surface area contributed by atoms with Crippen molar-refractivity contribution in [3.05, 3.63) is 23.9 Å². The second-order valence-corrected chi connectivity index (χ2v) is 2.10. The topological polar surface area (TPSA) is 43.1 Å². The number of imidazole rings is 1. The molecule has 0 aliphatic carbocycles. The van der Waals surface area contributed by atoms with E-state index in [4.69, 9.17) is 11.6 Å². The van der Waals surface area contributed by atoms with E-state index < -0.39 is 0 Å². The quantitative estimate of drug-likeness (QED) is 0.627. The van der Waals surface area contributed by atoms with E-state index in [2.05, 4.69) is 15.1 Å². The third-order valence-corrected chi connectivity index (χ3v) is 1.42. The summed E-state index contributed by atoms with van der Waals surface area (Å²) in [6.45, 7) is 4.00. The Labute approximate surface area is 75.2 Å². The molecule has 5 heteroatoms. The van der Waals surface area contributed by atoms with Crippen LogP contribution in [0.2, 0.25) is 5.15 Å². The normalized spacial score (nSPS) is 9.25. The minimum atomic E-state index is 0.375. The average molecular weight is 185 g/mol. The van der Waals surface area contributed by atoms with Crippen LogP contribution in [0.4, 0.5) is 0 Å². The molecule has 0 aliphatic heterocycles. The van der Waals surface area contributed by atoms with Crippen molar-refractivity contribution in [2.24, 2.45) is 0 Å². The van der Waals surface area contributed by atoms with Crippen molar-refractivity contribution < 1.29 is 0 Å². The molecule has 64 valence electrons. The predicted molar refractivity (Wildman–Crippen MR) is 47.1 cm³/mol. The highest BCUT2D eigenvalue weighted by atomic mass is 35.5. The van der Waals surface area contributed by atoms with Crippen molar-refractivity contribution in [1.82, 2.24) is 19.6 Å². The Morgan fingerprint density at radius 1 is 1.33 bits per heavy atom. The molecule has 0 radical (unpaired) electrons. The van der Waals surface area contributed by atoms with Gasteiger partial charge >= 0.3 is 0 Å². The lowest BCUT2D eigenvalue weighted by Crippen LogP contribution is -1.91. The number of hydrogen-bond donors (Lipinski definition) is 0. The standard InChI is InChI=1S/C5H3ClN4.C2H6/c6-4-5-7-1-2-10(5)9-3-8-4;1-2/h1-3H;1-2H3. The van der Waals surface area contributed by atoms with Crippen LogP contribution in [-0.4, -0.2) is 19.6 Å². The lowest BCUT2D eigenvalue weighted by molar-refractivity contribution is 0.898. The highest BCUT2D eigenvalue weighted by Gasteiger charge is 1.98. The lowest BCUT2D eigenvalue weighted by atomic mass is 10.8. The van der Waals surface area contributed by atoms with Gasteiger partial charge in [0.15, 0.2) is 10.8 Å². The summed E-state index contributed by atoms with van der Waals surface area (Å²) in [5.74, 6) is 0. The molecule has 4 nitrogen and oxygen atoms in total. The molecule has 0 amide bonds. The van der Waals surface area contributed by atoms with Crippen molar-refractivity contribution in [3.63, 3.8) is 0 Å². The highest BCUT2D eigenvalue weighted by molar-refractivity contribution is 6.32. The monoisotopic (exact) mass is 184 g/mol. The number of hydrogen-bond acceptors (Lipinski definition) is 3. The van der Waals surface area contributed by atoms with Crippen molar-refractivity contribution >= 4 is 17.2 Å². The van der Waals surface area contributed by atoms with Gasteiger partial charge in [0.2, 0.25) is 0 Å². The van der Waals surface area contributed by atoms with E-state index in [1.165, 1.54) is 6.33 Å². The van der Waals surface area contributed by atoms with E-state index in [0.717, 1.165) is 0 Å². The molecule has 0 saturated carbocycles. The van der Waals surface area contributed by atoms with Crippen LogP contribution in [0.15, 0.2) is 18.7 Å². The molecule has 0 saturated heterocycles. The van der Waals surface area contributed by atoms with Gasteiger partial charge in [0.25, 0.3) is 0 Å². The number of rotatable bonds is 0. The maximum atomic E-state index is 5.66. The summed E-state index contributed by atoms with van der Waals surface area (Å²) in [5.41, 5.74) is 0.587. The second kappa shape index (κ2) is 4.01. The van der Waals surface area contributed by atoms with Gasteiger partial charge < -0.3 is 0 Å². The van der Waals surface area contributed by atoms with Gasteiger partial charge in [-0.15, -0.1) is 0 Å². The molecule has 2 rings (SSSR count). The summed E-state index contributed by atoms with van der Waals surface area (Å²) in [4.78, 5) is 7.67. The average Bonchev–Trinajstić information content (AvgIpc) is 2.57. The van der Waals surface area contributed by atoms with Crippen molar-refractivity contribution in [2.45, 2.75) is 13.8 Å². The van der Waals surface area contributed by atoms with Crippen molar-refractivity contribution in [1.29, 1.82) is 0 Å². The van der Waals surface area contributed by atoms with E-state index in [-0.39, 0.29) is 0 Å². The van der Waals surface area contributed by atoms with Gasteiger partial charge in [-0.2, -0.15) is 5.10 Å². The SMILES string of the molecule is CC.Clc1ncnn2ccnc12. The summed E-state index contributed by atoms with van der Waals surface area (Å²) in [6, 6.07) is 0. The van der Waals surface area contributed by atoms with E-state index in [9.17, 15) is 0 Å². The van der Waals surface area contributed by atoms with Gasteiger partial charge in [0.1, 0.15) is 6.33 Å². The predicted octanol–water partition coefficient (Wildman–Crippen LogP) is 1.80. The maximum Gasteiger partial charge on any atom is 0.191 e. The third kappa shape index (κ3) is 1.53. The molecule has 12 heavy (non-hydrogen) atoms. The zero-order chi connectivity index (χ0) is 8.97. The van der Waals surface area contributed by atoms with Crippen molar-refractivity contribution in [3.8, 4) is 0 Å². The van der Waals surface area contributed by atoms with Gasteiger partial charge in [0.05, 0.1) is 0 Å². The fourth-order valence-electron chi connectivity index (χ4n) is 0.728. The van der Waals surface area contributed by atoms with Gasteiger partial charge in [-0.05, 0) is 0 Å². The zero-order valence-electron chi connectivity index (χ0n) is 6.90. The number of halogens is 1. The minimum Gasteiger partial charge on any atom is -0.233 e. The number of nitrogens with zero attached hydrogens (tertiary/aromatic N) is 4. The first-order chi connectivity index (χ1) is 5.88. The molecule has 0 spiro atoms. The molecule has 2 aromatic rings. The largest absolute Gasteiger partial charge is 0.233 e. The highest BCUT2D eigenvalue weighted by Crippen LogP contribution is 2.08. The summed E-state index contributed by atoms with van der Waals surface area (Å²) >= 11 is 5.66. The van der Waals surface area contributed by atoms with E-state index in [0.29, 0.717) is 10.8 Å². The Balaban J connectivity index is 0.000000336. The Bertz CT molecular complexity index is 357. The van der Waals surface area contributed by atoms with Crippen LogP contribution < -0.4 is 0 Å². The molecular weight excluding hydrogens is 176 g/mol. The third-order valence-electron chi connectivity index (χ3n) is 1.15. The van der Waals surface area contributed by atoms with Crippen LogP contribution in [0, 0.1) is 0 Å². The molecule has 0 aliphatic rings. The zero-order valence-corrected chi connectivity index (χ0v) is 7.65. The molecule has 0 bridgehead atoms. The summed E-state index contributed by atoms with van der Waals surface area (Å²) in [5, 5.41) is 4.24. The summed E-state index contributed by atoms with van der Waals surface area (Å²) in [6.07, 6.45) is 4.72. The first-order valence-corrected chi connectivity index (χ1v) is 4.05. The summed E-state index contributed by atoms with van der Waals surface area (Å²) < 4.78 is 1.56. The first kappa shape index (κ1) is 8.93. The van der Waals surface area contributed by atoms with Crippen molar-refractivity contribution in [2.75, 3.05) is 0 Å². The van der Waals surface area contributed by atoms with E-state index in [1.807, 2.05) is 13.8 Å². The van der Waals surface area contributed by atoms with Gasteiger partial charge in [0, 0.05) is 12.4 Å². The Hall–Kier alpha value is -1.16. The Morgan fingerprint density at radius 3 is 2.75 bits per heavy atom. The van der Waals surface area contributed by atoms with Gasteiger partial charge in [-0.25, -0.2) is 14.5 Å². The Morgan fingerprint density at radius 2 is 2.08 bits per heavy atom. The molecule has 0 unspecified atom stereocenters. The fourth-order valence-corrected chi connectivity index (χ4v) is 0.907.